The molecule has 1 saturated heterocycles. The van der Waals surface area contributed by atoms with Gasteiger partial charge in [-0.15, -0.1) is 0 Å². The number of fused-ring (bicyclic) bond motifs is 3. The molecule has 2 saturated carbocycles. The molecule has 1 aromatic heterocycles. The number of hydrogen-bond acceptors (Lipinski definition) is 10. The van der Waals surface area contributed by atoms with Crippen molar-refractivity contribution in [3.05, 3.63) is 42.5 Å². The van der Waals surface area contributed by atoms with Crippen molar-refractivity contribution < 1.29 is 41.8 Å². The van der Waals surface area contributed by atoms with Gasteiger partial charge in [0.25, 0.3) is 0 Å². The van der Waals surface area contributed by atoms with Gasteiger partial charge < -0.3 is 19.1 Å². The van der Waals surface area contributed by atoms with E-state index in [4.69, 9.17) is 14.2 Å². The maximum Gasteiger partial charge on any atom is 0.307 e. The van der Waals surface area contributed by atoms with Crippen molar-refractivity contribution in [2.24, 2.45) is 29.1 Å². The maximum absolute atomic E-state index is 15.0. The second kappa shape index (κ2) is 15.6. The van der Waals surface area contributed by atoms with Gasteiger partial charge in [-0.25, -0.2) is 8.42 Å². The highest BCUT2D eigenvalue weighted by Crippen LogP contribution is 2.57. The molecule has 1 aromatic carbocycles. The van der Waals surface area contributed by atoms with Gasteiger partial charge in [0.2, 0.25) is 33.6 Å². The quantitative estimate of drug-likeness (QED) is 0.240. The normalized spacial score (nSPS) is 30.0. The Labute approximate surface area is 318 Å². The van der Waals surface area contributed by atoms with Crippen LogP contribution in [0.5, 0.6) is 11.8 Å². The zero-order chi connectivity index (χ0) is 39.0. The highest BCUT2D eigenvalue weighted by atomic mass is 32.2. The van der Waals surface area contributed by atoms with Gasteiger partial charge in [-0.3, -0.25) is 23.9 Å². The van der Waals surface area contributed by atoms with Crippen LogP contribution in [0.1, 0.15) is 98.8 Å². The van der Waals surface area contributed by atoms with Crippen LogP contribution in [0.25, 0.3) is 10.8 Å². The monoisotopic (exact) mass is 765 g/mol. The number of methoxy groups -OCH3 is 1. The molecule has 4 aliphatic rings. The molecule has 6 rings (SSSR count). The van der Waals surface area contributed by atoms with Gasteiger partial charge in [-0.05, 0) is 88.5 Å². The number of pyridine rings is 1. The van der Waals surface area contributed by atoms with E-state index in [1.54, 1.807) is 26.8 Å². The van der Waals surface area contributed by atoms with Crippen LogP contribution < -0.4 is 14.2 Å². The Kier molecular flexibility index (Phi) is 11.5. The lowest BCUT2D eigenvalue weighted by Crippen LogP contribution is -2.48. The highest BCUT2D eigenvalue weighted by Gasteiger charge is 2.61. The molecule has 54 heavy (non-hydrogen) atoms. The first-order valence-corrected chi connectivity index (χ1v) is 21.0. The fourth-order valence-corrected chi connectivity index (χ4v) is 9.69. The van der Waals surface area contributed by atoms with Crippen LogP contribution in [-0.2, 0) is 33.9 Å². The Balaban J connectivity index is 1.37. The summed E-state index contributed by atoms with van der Waals surface area (Å²) in [5.74, 6) is -2.19. The Morgan fingerprint density at radius 1 is 1.09 bits per heavy atom. The van der Waals surface area contributed by atoms with Gasteiger partial charge in [0, 0.05) is 24.3 Å². The zero-order valence-corrected chi connectivity index (χ0v) is 33.2. The molecule has 2 aliphatic carbocycles. The molecule has 2 aromatic rings. The molecule has 2 amide bonds. The summed E-state index contributed by atoms with van der Waals surface area (Å²) in [6.45, 7) is 9.57. The van der Waals surface area contributed by atoms with E-state index in [0.29, 0.717) is 43.9 Å². The number of rotatable bonds is 9. The molecular weight excluding hydrogens is 711 g/mol. The van der Waals surface area contributed by atoms with Crippen LogP contribution in [0.4, 0.5) is 0 Å². The number of aromatic nitrogens is 1. The second-order valence-corrected chi connectivity index (χ2v) is 18.8. The first-order chi connectivity index (χ1) is 25.5. The van der Waals surface area contributed by atoms with E-state index >= 15 is 0 Å². The van der Waals surface area contributed by atoms with E-state index < -0.39 is 56.2 Å². The number of nitrogens with one attached hydrogen (secondary N) is 1. The van der Waals surface area contributed by atoms with Crippen LogP contribution in [0.3, 0.4) is 0 Å². The van der Waals surface area contributed by atoms with E-state index in [1.807, 2.05) is 43.3 Å². The number of hydrogen-bond donors (Lipinski definition) is 1. The number of Topliss-reactive ketones (excluding diaryl/α,β-unsaturated/α-hetero) is 1. The molecule has 0 unspecified atom stereocenters. The van der Waals surface area contributed by atoms with Crippen molar-refractivity contribution in [2.45, 2.75) is 122 Å². The van der Waals surface area contributed by atoms with Crippen LogP contribution >= 0.6 is 0 Å². The fraction of sp³-hybridized carbons (Fsp3) is 0.634. The van der Waals surface area contributed by atoms with Crippen LogP contribution in [-0.4, -0.2) is 78.5 Å². The zero-order valence-electron chi connectivity index (χ0n) is 32.3. The topological polar surface area (TPSA) is 158 Å². The molecule has 1 N–H and O–H groups in total. The number of carbonyl (C=O) groups excluding carboxylic acids is 4. The number of benzene rings is 1. The Hall–Kier alpha value is -4.00. The summed E-state index contributed by atoms with van der Waals surface area (Å²) >= 11 is 0. The van der Waals surface area contributed by atoms with Gasteiger partial charge in [0.05, 0.1) is 42.7 Å². The summed E-state index contributed by atoms with van der Waals surface area (Å²) in [6.07, 6.45) is 7.30. The smallest absolute Gasteiger partial charge is 0.307 e. The molecule has 7 atom stereocenters. The summed E-state index contributed by atoms with van der Waals surface area (Å²) in [4.78, 5) is 63.0. The van der Waals surface area contributed by atoms with E-state index in [9.17, 15) is 27.6 Å². The lowest BCUT2D eigenvalue weighted by molar-refractivity contribution is -0.160. The predicted octanol–water partition coefficient (Wildman–Crippen LogP) is 5.92. The van der Waals surface area contributed by atoms with E-state index in [-0.39, 0.29) is 55.3 Å². The molecule has 0 bridgehead atoms. The van der Waals surface area contributed by atoms with Crippen molar-refractivity contribution in [1.29, 1.82) is 0 Å². The summed E-state index contributed by atoms with van der Waals surface area (Å²) in [5.41, 5.74) is -2.00. The average Bonchev–Trinajstić information content (AvgIpc) is 4.04. The van der Waals surface area contributed by atoms with Crippen molar-refractivity contribution in [2.75, 3.05) is 13.7 Å². The van der Waals surface area contributed by atoms with E-state index in [1.165, 1.54) is 12.0 Å². The molecule has 294 valence electrons. The minimum atomic E-state index is -3.85. The van der Waals surface area contributed by atoms with Gasteiger partial charge in [-0.2, -0.15) is 4.98 Å². The minimum absolute atomic E-state index is 0.0534. The first kappa shape index (κ1) is 39.7. The number of esters is 1. The van der Waals surface area contributed by atoms with Gasteiger partial charge in [-0.1, -0.05) is 50.6 Å². The molecule has 0 radical (unpaired) electrons. The average molecular weight is 766 g/mol. The third-order valence-corrected chi connectivity index (χ3v) is 13.3. The number of allylic oxidation sites excluding steroid dienone is 2. The van der Waals surface area contributed by atoms with Gasteiger partial charge in [0.15, 0.2) is 5.78 Å². The summed E-state index contributed by atoms with van der Waals surface area (Å²) in [7, 11) is -2.34. The number of amides is 2. The van der Waals surface area contributed by atoms with Crippen LogP contribution in [0, 0.1) is 29.1 Å². The van der Waals surface area contributed by atoms with E-state index in [0.717, 1.165) is 23.6 Å². The molecule has 2 aliphatic heterocycles. The number of sulfonamides is 1. The van der Waals surface area contributed by atoms with Crippen LogP contribution in [0.15, 0.2) is 42.5 Å². The number of ketones is 1. The highest BCUT2D eigenvalue weighted by molar-refractivity contribution is 7.90. The summed E-state index contributed by atoms with van der Waals surface area (Å²) in [6, 6.07) is 8.39. The second-order valence-electron chi connectivity index (χ2n) is 16.9. The largest absolute Gasteiger partial charge is 0.481 e. The number of nitrogens with zero attached hydrogens (tertiary/aromatic N) is 2. The van der Waals surface area contributed by atoms with Crippen molar-refractivity contribution in [3.8, 4) is 11.8 Å². The molecular formula is C41H55N3O9S. The first-order valence-electron chi connectivity index (χ1n) is 19.4. The number of carbonyl (C=O) groups is 4. The third kappa shape index (κ3) is 8.92. The summed E-state index contributed by atoms with van der Waals surface area (Å²) in [5, 5.41) is 0.988. The predicted molar refractivity (Wildman–Crippen MR) is 203 cm³/mol. The van der Waals surface area contributed by atoms with E-state index in [2.05, 4.69) is 16.6 Å². The lowest BCUT2D eigenvalue weighted by Gasteiger charge is -2.33. The minimum Gasteiger partial charge on any atom is -0.481 e. The molecule has 3 heterocycles. The Morgan fingerprint density at radius 2 is 1.83 bits per heavy atom. The van der Waals surface area contributed by atoms with Crippen molar-refractivity contribution in [3.63, 3.8) is 0 Å². The SMILES string of the molecule is CC[C@@H]1C[C@H](C)CC/C=C\[C@@H]2C[C@@]2(C(=O)NS(=O)(=O)C2CC2)CC(=O)[C@@H]2C[C@@H](Oc3nc(OC)cc4ccccc34)CN2C(=O)[C@H]1CC(=O)OC(C)(C)C. The standard InChI is InChI=1S/C41H55N3O9S/c1-7-26-18-25(2)12-8-10-14-28-22-41(28,39(48)43-54(49,50)30-16-17-30)23-34(45)33-20-29(24-44(33)38(47)32(26)21-36(46)53-40(3,4)5)52-37-31-15-11-9-13-27(31)19-35(42-37)51-6/h9-11,13-15,19,25-26,28-30,32-33H,7-8,12,16-18,20-24H2,1-6H3,(H,43,48)/b14-10-/t25-,26-,28-,29-,32+,33+,41-/m1/s1. The Morgan fingerprint density at radius 3 is 2.52 bits per heavy atom. The maximum atomic E-state index is 15.0. The molecule has 0 spiro atoms. The van der Waals surface area contributed by atoms with Crippen LogP contribution in [0.2, 0.25) is 0 Å². The van der Waals surface area contributed by atoms with Crippen molar-refractivity contribution in [1.82, 2.24) is 14.6 Å². The number of ether oxygens (including phenoxy) is 3. The molecule has 12 nitrogen and oxygen atoms in total. The molecule has 13 heteroatoms. The summed E-state index contributed by atoms with van der Waals surface area (Å²) < 4.78 is 45.9. The molecule has 3 fully saturated rings. The fourth-order valence-electron chi connectivity index (χ4n) is 8.30. The van der Waals surface area contributed by atoms with Crippen molar-refractivity contribution >= 4 is 44.4 Å². The Bertz CT molecular complexity index is 1900. The third-order valence-electron chi connectivity index (χ3n) is 11.5. The lowest BCUT2D eigenvalue weighted by atomic mass is 9.79. The van der Waals surface area contributed by atoms with Gasteiger partial charge >= 0.3 is 5.97 Å². The van der Waals surface area contributed by atoms with Gasteiger partial charge in [0.1, 0.15) is 11.7 Å².